The van der Waals surface area contributed by atoms with Crippen LogP contribution in [0.25, 0.3) is 0 Å². The van der Waals surface area contributed by atoms with Crippen LogP contribution in [-0.2, 0) is 12.8 Å². The molecule has 0 fully saturated rings. The lowest BCUT2D eigenvalue weighted by Crippen LogP contribution is -2.19. The van der Waals surface area contributed by atoms with Crippen LogP contribution in [0.15, 0.2) is 48.5 Å². The summed E-state index contributed by atoms with van der Waals surface area (Å²) in [6, 6.07) is 15.9. The first-order chi connectivity index (χ1) is 12.2. The number of hydrogen-bond acceptors (Lipinski definition) is 3. The zero-order valence-corrected chi connectivity index (χ0v) is 16.4. The molecule has 0 saturated heterocycles. The first kappa shape index (κ1) is 20.6. The van der Waals surface area contributed by atoms with E-state index in [4.69, 9.17) is 0 Å². The number of benzene rings is 2. The summed E-state index contributed by atoms with van der Waals surface area (Å²) < 4.78 is 0. The van der Waals surface area contributed by atoms with Gasteiger partial charge in [-0.05, 0) is 45.9 Å². The third-order valence-electron chi connectivity index (χ3n) is 4.81. The van der Waals surface area contributed by atoms with E-state index in [-0.39, 0.29) is 24.0 Å². The molecule has 2 aromatic carbocycles. The van der Waals surface area contributed by atoms with Crippen molar-refractivity contribution in [2.45, 2.75) is 46.6 Å². The number of rotatable bonds is 8. The number of aliphatic hydroxyl groups excluding tert-OH is 3. The fourth-order valence-corrected chi connectivity index (χ4v) is 3.04. The SMILES string of the molecule is CC(C)(CO)Cc1ccc(C(O)c2ccc(CC(C)(C)CO)cc2)cc1. The first-order valence-corrected chi connectivity index (χ1v) is 9.23. The second-order valence-corrected chi connectivity index (χ2v) is 8.88. The predicted molar refractivity (Wildman–Crippen MR) is 106 cm³/mol. The van der Waals surface area contributed by atoms with Crippen LogP contribution in [0, 0.1) is 10.8 Å². The molecule has 0 saturated carbocycles. The second-order valence-electron chi connectivity index (χ2n) is 8.88. The molecule has 0 unspecified atom stereocenters. The van der Waals surface area contributed by atoms with Crippen LogP contribution in [-0.4, -0.2) is 28.5 Å². The molecule has 0 aliphatic rings. The van der Waals surface area contributed by atoms with Gasteiger partial charge in [-0.2, -0.15) is 0 Å². The smallest absolute Gasteiger partial charge is 0.104 e. The van der Waals surface area contributed by atoms with Crippen LogP contribution >= 0.6 is 0 Å². The molecule has 26 heavy (non-hydrogen) atoms. The molecule has 0 amide bonds. The summed E-state index contributed by atoms with van der Waals surface area (Å²) in [5, 5.41) is 29.5. The molecule has 2 rings (SSSR count). The minimum absolute atomic E-state index is 0.141. The van der Waals surface area contributed by atoms with Crippen molar-refractivity contribution < 1.29 is 15.3 Å². The molecule has 0 aliphatic heterocycles. The van der Waals surface area contributed by atoms with Gasteiger partial charge in [0.2, 0.25) is 0 Å². The van der Waals surface area contributed by atoms with Gasteiger partial charge in [0, 0.05) is 13.2 Å². The lowest BCUT2D eigenvalue weighted by atomic mass is 9.85. The van der Waals surface area contributed by atoms with Gasteiger partial charge in [-0.3, -0.25) is 0 Å². The Hall–Kier alpha value is -1.68. The Balaban J connectivity index is 2.07. The van der Waals surface area contributed by atoms with Gasteiger partial charge >= 0.3 is 0 Å². The minimum Gasteiger partial charge on any atom is -0.396 e. The Labute approximate surface area is 157 Å². The van der Waals surface area contributed by atoms with Crippen molar-refractivity contribution in [2.75, 3.05) is 13.2 Å². The van der Waals surface area contributed by atoms with Gasteiger partial charge in [-0.15, -0.1) is 0 Å². The average molecular weight is 357 g/mol. The topological polar surface area (TPSA) is 60.7 Å². The molecule has 0 bridgehead atoms. The predicted octanol–water partition coefficient (Wildman–Crippen LogP) is 3.89. The van der Waals surface area contributed by atoms with Crippen molar-refractivity contribution in [3.63, 3.8) is 0 Å². The zero-order chi connectivity index (χ0) is 19.4. The molecular formula is C23H32O3. The highest BCUT2D eigenvalue weighted by Gasteiger charge is 2.19. The standard InChI is InChI=1S/C23H32O3/c1-22(2,15-24)13-17-5-9-19(10-6-17)21(26)20-11-7-18(8-12-20)14-23(3,4)16-25/h5-12,21,24-26H,13-16H2,1-4H3. The van der Waals surface area contributed by atoms with Gasteiger partial charge in [0.1, 0.15) is 6.10 Å². The monoisotopic (exact) mass is 356 g/mol. The van der Waals surface area contributed by atoms with Crippen molar-refractivity contribution in [3.8, 4) is 0 Å². The Morgan fingerprint density at radius 3 is 1.23 bits per heavy atom. The number of aliphatic hydroxyl groups is 3. The van der Waals surface area contributed by atoms with Crippen molar-refractivity contribution in [1.29, 1.82) is 0 Å². The summed E-state index contributed by atoms with van der Waals surface area (Å²) in [5.41, 5.74) is 3.75. The fourth-order valence-electron chi connectivity index (χ4n) is 3.04. The average Bonchev–Trinajstić information content (AvgIpc) is 2.62. The van der Waals surface area contributed by atoms with E-state index < -0.39 is 6.10 Å². The van der Waals surface area contributed by atoms with Crippen LogP contribution < -0.4 is 0 Å². The second kappa shape index (κ2) is 8.34. The maximum atomic E-state index is 10.7. The molecule has 0 atom stereocenters. The third-order valence-corrected chi connectivity index (χ3v) is 4.81. The van der Waals surface area contributed by atoms with Gasteiger partial charge in [-0.25, -0.2) is 0 Å². The zero-order valence-electron chi connectivity index (χ0n) is 16.4. The maximum Gasteiger partial charge on any atom is 0.104 e. The van der Waals surface area contributed by atoms with Crippen molar-refractivity contribution >= 4 is 0 Å². The molecule has 2 aromatic rings. The van der Waals surface area contributed by atoms with E-state index in [1.807, 2.05) is 76.2 Å². The molecule has 0 aromatic heterocycles. The van der Waals surface area contributed by atoms with E-state index in [1.165, 1.54) is 0 Å². The van der Waals surface area contributed by atoms with E-state index in [9.17, 15) is 15.3 Å². The lowest BCUT2D eigenvalue weighted by Gasteiger charge is -2.22. The summed E-state index contributed by atoms with van der Waals surface area (Å²) in [4.78, 5) is 0. The van der Waals surface area contributed by atoms with Gasteiger partial charge < -0.3 is 15.3 Å². The molecule has 0 aliphatic carbocycles. The summed E-state index contributed by atoms with van der Waals surface area (Å²) in [6.07, 6.45) is 0.944. The third kappa shape index (κ3) is 5.66. The van der Waals surface area contributed by atoms with Crippen LogP contribution in [0.2, 0.25) is 0 Å². The maximum absolute atomic E-state index is 10.7. The van der Waals surface area contributed by atoms with Crippen molar-refractivity contribution in [2.24, 2.45) is 10.8 Å². The summed E-state index contributed by atoms with van der Waals surface area (Å²) >= 11 is 0. The number of hydrogen-bond donors (Lipinski definition) is 3. The molecule has 0 spiro atoms. The normalized spacial score (nSPS) is 12.6. The quantitative estimate of drug-likeness (QED) is 0.672. The van der Waals surface area contributed by atoms with Gasteiger partial charge in [0.15, 0.2) is 0 Å². The molecule has 3 heteroatoms. The molecule has 0 heterocycles. The Bertz CT molecular complexity index is 623. The molecular weight excluding hydrogens is 324 g/mol. The fraction of sp³-hybridized carbons (Fsp3) is 0.478. The molecule has 3 nitrogen and oxygen atoms in total. The van der Waals surface area contributed by atoms with E-state index in [1.54, 1.807) is 0 Å². The largest absolute Gasteiger partial charge is 0.396 e. The van der Waals surface area contributed by atoms with Crippen molar-refractivity contribution in [3.05, 3.63) is 70.8 Å². The first-order valence-electron chi connectivity index (χ1n) is 9.23. The highest BCUT2D eigenvalue weighted by molar-refractivity contribution is 5.34. The Morgan fingerprint density at radius 2 is 0.962 bits per heavy atom. The van der Waals surface area contributed by atoms with E-state index in [0.29, 0.717) is 0 Å². The Kier molecular flexibility index (Phi) is 6.62. The van der Waals surface area contributed by atoms with Gasteiger partial charge in [0.05, 0.1) is 0 Å². The van der Waals surface area contributed by atoms with Crippen LogP contribution in [0.1, 0.15) is 56.1 Å². The highest BCUT2D eigenvalue weighted by atomic mass is 16.3. The Morgan fingerprint density at radius 1 is 0.654 bits per heavy atom. The van der Waals surface area contributed by atoms with Gasteiger partial charge in [-0.1, -0.05) is 76.2 Å². The summed E-state index contributed by atoms with van der Waals surface area (Å²) in [5.74, 6) is 0. The van der Waals surface area contributed by atoms with Crippen LogP contribution in [0.3, 0.4) is 0 Å². The molecule has 0 radical (unpaired) electrons. The van der Waals surface area contributed by atoms with E-state index in [2.05, 4.69) is 0 Å². The lowest BCUT2D eigenvalue weighted by molar-refractivity contribution is 0.159. The van der Waals surface area contributed by atoms with Crippen LogP contribution in [0.4, 0.5) is 0 Å². The molecule has 142 valence electrons. The minimum atomic E-state index is -0.658. The van der Waals surface area contributed by atoms with Crippen LogP contribution in [0.5, 0.6) is 0 Å². The summed E-state index contributed by atoms with van der Waals surface area (Å²) in [7, 11) is 0. The summed E-state index contributed by atoms with van der Waals surface area (Å²) in [6.45, 7) is 8.45. The van der Waals surface area contributed by atoms with E-state index >= 15 is 0 Å². The van der Waals surface area contributed by atoms with Crippen molar-refractivity contribution in [1.82, 2.24) is 0 Å². The highest BCUT2D eigenvalue weighted by Crippen LogP contribution is 2.27. The molecule has 3 N–H and O–H groups in total. The van der Waals surface area contributed by atoms with E-state index in [0.717, 1.165) is 35.1 Å². The van der Waals surface area contributed by atoms with Gasteiger partial charge in [0.25, 0.3) is 0 Å².